The van der Waals surface area contributed by atoms with Crippen LogP contribution in [0.25, 0.3) is 0 Å². The molecule has 0 aliphatic carbocycles. The highest BCUT2D eigenvalue weighted by Gasteiger charge is 2.34. The SMILES string of the molecule is COc1ccccc1NC(=O)C1=C(C)Nc2nc(SC)nn2[C@@H]1c1cccc(Br)c1. The summed E-state index contributed by atoms with van der Waals surface area (Å²) in [5.41, 5.74) is 2.81. The molecule has 2 N–H and O–H groups in total. The number of allylic oxidation sites excluding steroid dienone is 1. The predicted octanol–water partition coefficient (Wildman–Crippen LogP) is 4.70. The van der Waals surface area contributed by atoms with Crippen LogP contribution in [0.4, 0.5) is 11.6 Å². The summed E-state index contributed by atoms with van der Waals surface area (Å²) in [4.78, 5) is 18.0. The number of aromatic nitrogens is 3. The third-order valence-corrected chi connectivity index (χ3v) is 5.81. The Balaban J connectivity index is 1.80. The topological polar surface area (TPSA) is 81.1 Å². The number of rotatable bonds is 5. The number of benzene rings is 2. The fourth-order valence-corrected chi connectivity index (χ4v) is 4.20. The number of anilines is 2. The summed E-state index contributed by atoms with van der Waals surface area (Å²) in [6, 6.07) is 14.8. The van der Waals surface area contributed by atoms with Gasteiger partial charge in [-0.2, -0.15) is 4.98 Å². The molecule has 1 aromatic heterocycles. The molecule has 3 aromatic rings. The van der Waals surface area contributed by atoms with E-state index in [1.165, 1.54) is 11.8 Å². The van der Waals surface area contributed by atoms with E-state index >= 15 is 0 Å². The van der Waals surface area contributed by atoms with Crippen molar-refractivity contribution >= 4 is 45.2 Å². The summed E-state index contributed by atoms with van der Waals surface area (Å²) in [5.74, 6) is 0.968. The highest BCUT2D eigenvalue weighted by molar-refractivity contribution is 9.10. The van der Waals surface area contributed by atoms with Gasteiger partial charge in [0.2, 0.25) is 11.1 Å². The Bertz CT molecular complexity index is 1140. The average molecular weight is 486 g/mol. The first-order valence-electron chi connectivity index (χ1n) is 9.20. The first kappa shape index (κ1) is 20.5. The fourth-order valence-electron chi connectivity index (χ4n) is 3.43. The molecular formula is C21H20BrN5O2S. The third-order valence-electron chi connectivity index (χ3n) is 4.78. The largest absolute Gasteiger partial charge is 0.495 e. The number of hydrogen-bond donors (Lipinski definition) is 2. The van der Waals surface area contributed by atoms with Gasteiger partial charge in [0, 0.05) is 10.2 Å². The molecule has 0 saturated carbocycles. The summed E-state index contributed by atoms with van der Waals surface area (Å²) in [7, 11) is 1.58. The second-order valence-electron chi connectivity index (χ2n) is 6.64. The Hall–Kier alpha value is -2.78. The Labute approximate surface area is 187 Å². The van der Waals surface area contributed by atoms with E-state index in [-0.39, 0.29) is 5.91 Å². The molecule has 2 heterocycles. The third kappa shape index (κ3) is 3.82. The number of halogens is 1. The molecule has 0 spiro atoms. The zero-order chi connectivity index (χ0) is 21.3. The molecule has 9 heteroatoms. The summed E-state index contributed by atoms with van der Waals surface area (Å²) < 4.78 is 8.06. The van der Waals surface area contributed by atoms with Crippen molar-refractivity contribution in [3.05, 3.63) is 69.8 Å². The van der Waals surface area contributed by atoms with Gasteiger partial charge in [-0.15, -0.1) is 5.10 Å². The number of nitrogens with one attached hydrogen (secondary N) is 2. The monoisotopic (exact) mass is 485 g/mol. The van der Waals surface area contributed by atoms with E-state index in [1.54, 1.807) is 11.8 Å². The smallest absolute Gasteiger partial charge is 0.255 e. The molecule has 1 aliphatic rings. The second kappa shape index (κ2) is 8.53. The molecular weight excluding hydrogens is 466 g/mol. The van der Waals surface area contributed by atoms with Gasteiger partial charge >= 0.3 is 0 Å². The van der Waals surface area contributed by atoms with Crippen LogP contribution in [0.5, 0.6) is 5.75 Å². The second-order valence-corrected chi connectivity index (χ2v) is 8.33. The standard InChI is InChI=1S/C21H20BrN5O2S/c1-12-17(19(28)24-15-9-4-5-10-16(15)29-2)18(13-7-6-8-14(22)11-13)27-20(23-12)25-21(26-27)30-3/h4-11,18H,1-3H3,(H,24,28)(H,23,25,26)/t18-/m1/s1. The van der Waals surface area contributed by atoms with Crippen LogP contribution in [0.2, 0.25) is 0 Å². The van der Waals surface area contributed by atoms with E-state index in [2.05, 4.69) is 36.6 Å². The van der Waals surface area contributed by atoms with Gasteiger partial charge in [0.25, 0.3) is 5.91 Å². The van der Waals surface area contributed by atoms with Gasteiger partial charge < -0.3 is 15.4 Å². The molecule has 0 unspecified atom stereocenters. The zero-order valence-corrected chi connectivity index (χ0v) is 19.0. The maximum absolute atomic E-state index is 13.5. The molecule has 0 fully saturated rings. The first-order valence-corrected chi connectivity index (χ1v) is 11.2. The fraction of sp³-hybridized carbons (Fsp3) is 0.190. The van der Waals surface area contributed by atoms with Crippen molar-refractivity contribution in [3.8, 4) is 5.75 Å². The number of hydrogen-bond acceptors (Lipinski definition) is 6. The molecule has 1 amide bonds. The lowest BCUT2D eigenvalue weighted by Gasteiger charge is -2.29. The van der Waals surface area contributed by atoms with Crippen molar-refractivity contribution in [2.45, 2.75) is 18.1 Å². The number of para-hydroxylation sites is 2. The summed E-state index contributed by atoms with van der Waals surface area (Å²) in [5, 5.41) is 11.5. The lowest BCUT2D eigenvalue weighted by molar-refractivity contribution is -0.113. The molecule has 7 nitrogen and oxygen atoms in total. The van der Waals surface area contributed by atoms with Gasteiger partial charge in [0.1, 0.15) is 11.8 Å². The molecule has 0 bridgehead atoms. The van der Waals surface area contributed by atoms with E-state index in [0.717, 1.165) is 15.7 Å². The van der Waals surface area contributed by atoms with Gasteiger partial charge in [0.05, 0.1) is 18.4 Å². The maximum Gasteiger partial charge on any atom is 0.255 e. The lowest BCUT2D eigenvalue weighted by Crippen LogP contribution is -2.31. The molecule has 30 heavy (non-hydrogen) atoms. The first-order chi connectivity index (χ1) is 14.5. The summed E-state index contributed by atoms with van der Waals surface area (Å²) in [6.07, 6.45) is 1.92. The number of methoxy groups -OCH3 is 1. The van der Waals surface area contributed by atoms with Crippen LogP contribution in [-0.4, -0.2) is 34.0 Å². The van der Waals surface area contributed by atoms with Crippen LogP contribution >= 0.6 is 27.7 Å². The predicted molar refractivity (Wildman–Crippen MR) is 122 cm³/mol. The van der Waals surface area contributed by atoms with Crippen LogP contribution < -0.4 is 15.4 Å². The van der Waals surface area contributed by atoms with Crippen molar-refractivity contribution in [3.63, 3.8) is 0 Å². The van der Waals surface area contributed by atoms with Gasteiger partial charge in [-0.1, -0.05) is 52.0 Å². The van der Waals surface area contributed by atoms with Crippen LogP contribution in [0.3, 0.4) is 0 Å². The highest BCUT2D eigenvalue weighted by atomic mass is 79.9. The number of amides is 1. The Morgan fingerprint density at radius 3 is 2.80 bits per heavy atom. The Morgan fingerprint density at radius 1 is 1.27 bits per heavy atom. The van der Waals surface area contributed by atoms with E-state index in [0.29, 0.717) is 28.1 Å². The van der Waals surface area contributed by atoms with Crippen molar-refractivity contribution < 1.29 is 9.53 Å². The van der Waals surface area contributed by atoms with Crippen LogP contribution in [0.15, 0.2) is 69.4 Å². The van der Waals surface area contributed by atoms with E-state index in [1.807, 2.05) is 61.7 Å². The van der Waals surface area contributed by atoms with E-state index in [9.17, 15) is 4.79 Å². The minimum atomic E-state index is -0.429. The zero-order valence-electron chi connectivity index (χ0n) is 16.6. The minimum Gasteiger partial charge on any atom is -0.495 e. The normalized spacial score (nSPS) is 15.4. The number of thioether (sulfide) groups is 1. The lowest BCUT2D eigenvalue weighted by atomic mass is 9.95. The van der Waals surface area contributed by atoms with E-state index < -0.39 is 6.04 Å². The van der Waals surface area contributed by atoms with Crippen molar-refractivity contribution in [1.82, 2.24) is 14.8 Å². The molecule has 4 rings (SSSR count). The van der Waals surface area contributed by atoms with E-state index in [4.69, 9.17) is 4.74 Å². The average Bonchev–Trinajstić information content (AvgIpc) is 3.15. The van der Waals surface area contributed by atoms with Gasteiger partial charge in [0.15, 0.2) is 0 Å². The number of nitrogens with zero attached hydrogens (tertiary/aromatic N) is 3. The molecule has 0 saturated heterocycles. The van der Waals surface area contributed by atoms with Gasteiger partial charge in [-0.3, -0.25) is 4.79 Å². The minimum absolute atomic E-state index is 0.235. The van der Waals surface area contributed by atoms with Crippen LogP contribution in [-0.2, 0) is 4.79 Å². The van der Waals surface area contributed by atoms with Gasteiger partial charge in [-0.05, 0) is 43.0 Å². The van der Waals surface area contributed by atoms with Crippen molar-refractivity contribution in [2.75, 3.05) is 24.0 Å². The summed E-state index contributed by atoms with van der Waals surface area (Å²) >= 11 is 4.99. The maximum atomic E-state index is 13.5. The van der Waals surface area contributed by atoms with Gasteiger partial charge in [-0.25, -0.2) is 4.68 Å². The Morgan fingerprint density at radius 2 is 2.07 bits per heavy atom. The number of carbonyl (C=O) groups excluding carboxylic acids is 1. The quantitative estimate of drug-likeness (QED) is 0.509. The molecule has 1 atom stereocenters. The highest BCUT2D eigenvalue weighted by Crippen LogP contribution is 2.37. The molecule has 0 radical (unpaired) electrons. The Kier molecular flexibility index (Phi) is 5.83. The molecule has 2 aromatic carbocycles. The molecule has 1 aliphatic heterocycles. The molecule has 154 valence electrons. The number of ether oxygens (including phenoxy) is 1. The summed E-state index contributed by atoms with van der Waals surface area (Å²) in [6.45, 7) is 1.87. The van der Waals surface area contributed by atoms with Crippen molar-refractivity contribution in [2.24, 2.45) is 0 Å². The van der Waals surface area contributed by atoms with Crippen LogP contribution in [0.1, 0.15) is 18.5 Å². The van der Waals surface area contributed by atoms with Crippen LogP contribution in [0, 0.1) is 0 Å². The van der Waals surface area contributed by atoms with Crippen molar-refractivity contribution in [1.29, 1.82) is 0 Å². The number of fused-ring (bicyclic) bond motifs is 1. The number of carbonyl (C=O) groups is 1.